The number of ether oxygens (including phenoxy) is 3. The van der Waals surface area contributed by atoms with Crippen molar-refractivity contribution in [3.05, 3.63) is 25.3 Å². The van der Waals surface area contributed by atoms with E-state index in [1.54, 1.807) is 0 Å². The summed E-state index contributed by atoms with van der Waals surface area (Å²) in [6.07, 6.45) is 0.970. The molecule has 1 unspecified atom stereocenters. The van der Waals surface area contributed by atoms with Gasteiger partial charge in [0.05, 0.1) is 31.8 Å². The molecule has 0 aliphatic heterocycles. The molecule has 0 heterocycles. The summed E-state index contributed by atoms with van der Waals surface area (Å²) in [4.78, 5) is 62.8. The highest BCUT2D eigenvalue weighted by Crippen LogP contribution is 2.09. The number of carbonyl (C=O) groups is 6. The Bertz CT molecular complexity index is 635. The zero-order valence-corrected chi connectivity index (χ0v) is 16.1. The molecule has 0 fully saturated rings. The van der Waals surface area contributed by atoms with E-state index in [0.29, 0.717) is 0 Å². The van der Waals surface area contributed by atoms with Crippen molar-refractivity contribution in [2.24, 2.45) is 5.92 Å². The van der Waals surface area contributed by atoms with E-state index in [2.05, 4.69) is 27.4 Å². The summed E-state index contributed by atoms with van der Waals surface area (Å²) in [5.41, 5.74) is 0. The fraction of sp³-hybridized carbons (Fsp3) is 0.444. The lowest BCUT2D eigenvalue weighted by molar-refractivity contribution is -0.151. The zero-order chi connectivity index (χ0) is 23.5. The van der Waals surface area contributed by atoms with Crippen molar-refractivity contribution < 1.29 is 58.3 Å². The second-order valence-electron chi connectivity index (χ2n) is 5.28. The van der Waals surface area contributed by atoms with Gasteiger partial charge in [-0.1, -0.05) is 13.2 Å². The Labute approximate surface area is 171 Å². The van der Waals surface area contributed by atoms with Gasteiger partial charge >= 0.3 is 35.8 Å². The molecule has 0 radical (unpaired) electrons. The predicted octanol–water partition coefficient (Wildman–Crippen LogP) is 0.405. The standard InChI is InChI=1S/2C9H12O6/c1-2-8(12)14-5-6-15-9(13)4-3-7(10)11;1-2-8(12)15-4-3-6(9(13)14)5-7(10)11/h2H,1,3-6H2,(H,10,11);2,6H,1,3-5H2,(H,10,11)(H,13,14). The van der Waals surface area contributed by atoms with Gasteiger partial charge < -0.3 is 29.5 Å². The van der Waals surface area contributed by atoms with Gasteiger partial charge in [-0.2, -0.15) is 0 Å². The number of hydrogen-bond acceptors (Lipinski definition) is 9. The highest BCUT2D eigenvalue weighted by Gasteiger charge is 2.21. The number of hydrogen-bond donors (Lipinski definition) is 3. The molecule has 0 aromatic rings. The van der Waals surface area contributed by atoms with Crippen LogP contribution in [0.2, 0.25) is 0 Å². The number of carboxylic acid groups (broad SMARTS) is 3. The van der Waals surface area contributed by atoms with Crippen LogP contribution in [0, 0.1) is 5.92 Å². The van der Waals surface area contributed by atoms with Gasteiger partial charge in [-0.3, -0.25) is 19.2 Å². The van der Waals surface area contributed by atoms with Gasteiger partial charge in [0.1, 0.15) is 13.2 Å². The predicted molar refractivity (Wildman–Crippen MR) is 98.1 cm³/mol. The third-order valence-electron chi connectivity index (χ3n) is 2.95. The van der Waals surface area contributed by atoms with E-state index >= 15 is 0 Å². The Hall–Kier alpha value is -3.70. The van der Waals surface area contributed by atoms with Gasteiger partial charge in [-0.15, -0.1) is 0 Å². The number of aliphatic carboxylic acids is 3. The van der Waals surface area contributed by atoms with Crippen LogP contribution in [0.4, 0.5) is 0 Å². The maximum atomic E-state index is 10.8. The van der Waals surface area contributed by atoms with Crippen LogP contribution in [0.1, 0.15) is 25.7 Å². The zero-order valence-electron chi connectivity index (χ0n) is 16.1. The maximum absolute atomic E-state index is 10.8. The molecule has 0 aromatic heterocycles. The molecule has 0 aromatic carbocycles. The van der Waals surface area contributed by atoms with Crippen molar-refractivity contribution in [2.45, 2.75) is 25.7 Å². The van der Waals surface area contributed by atoms with E-state index in [9.17, 15) is 28.8 Å². The van der Waals surface area contributed by atoms with Crippen LogP contribution in [-0.4, -0.2) is 71.0 Å². The highest BCUT2D eigenvalue weighted by molar-refractivity contribution is 5.81. The van der Waals surface area contributed by atoms with Gasteiger partial charge in [-0.25, -0.2) is 9.59 Å². The van der Waals surface area contributed by atoms with Crippen LogP contribution >= 0.6 is 0 Å². The second kappa shape index (κ2) is 17.4. The molecule has 12 nitrogen and oxygen atoms in total. The lowest BCUT2D eigenvalue weighted by Crippen LogP contribution is -2.20. The van der Waals surface area contributed by atoms with Crippen LogP contribution in [0.15, 0.2) is 25.3 Å². The molecule has 3 N–H and O–H groups in total. The Balaban J connectivity index is 0. The minimum absolute atomic E-state index is 0.0266. The van der Waals surface area contributed by atoms with E-state index in [0.717, 1.165) is 12.2 Å². The number of carbonyl (C=O) groups excluding carboxylic acids is 3. The van der Waals surface area contributed by atoms with E-state index in [1.165, 1.54) is 0 Å². The molecule has 30 heavy (non-hydrogen) atoms. The SMILES string of the molecule is C=CC(=O)OCCC(CC(=O)O)C(=O)O.C=CC(=O)OCCOC(=O)CCC(=O)O. The van der Waals surface area contributed by atoms with Crippen LogP contribution in [0.5, 0.6) is 0 Å². The molecule has 0 aliphatic carbocycles. The first-order chi connectivity index (χ1) is 14.0. The third-order valence-corrected chi connectivity index (χ3v) is 2.95. The van der Waals surface area contributed by atoms with E-state index in [1.807, 2.05) is 0 Å². The van der Waals surface area contributed by atoms with Crippen LogP contribution in [0.3, 0.4) is 0 Å². The first-order valence-electron chi connectivity index (χ1n) is 8.43. The van der Waals surface area contributed by atoms with Crippen LogP contribution in [0.25, 0.3) is 0 Å². The molecular weight excluding hydrogens is 408 g/mol. The Morgan fingerprint density at radius 3 is 1.67 bits per heavy atom. The summed E-state index contributed by atoms with van der Waals surface area (Å²) in [6, 6.07) is 0. The maximum Gasteiger partial charge on any atom is 0.330 e. The number of carboxylic acids is 3. The Morgan fingerprint density at radius 2 is 1.23 bits per heavy atom. The lowest BCUT2D eigenvalue weighted by Gasteiger charge is -2.08. The molecule has 0 spiro atoms. The van der Waals surface area contributed by atoms with Crippen molar-refractivity contribution in [1.29, 1.82) is 0 Å². The Kier molecular flexibility index (Phi) is 16.5. The summed E-state index contributed by atoms with van der Waals surface area (Å²) >= 11 is 0. The summed E-state index contributed by atoms with van der Waals surface area (Å²) in [7, 11) is 0. The van der Waals surface area contributed by atoms with Crippen molar-refractivity contribution in [2.75, 3.05) is 19.8 Å². The second-order valence-corrected chi connectivity index (χ2v) is 5.28. The lowest BCUT2D eigenvalue weighted by atomic mass is 10.0. The van der Waals surface area contributed by atoms with Crippen LogP contribution in [-0.2, 0) is 43.0 Å². The van der Waals surface area contributed by atoms with Gasteiger partial charge in [-0.05, 0) is 6.42 Å². The summed E-state index contributed by atoms with van der Waals surface area (Å²) in [6.45, 7) is 6.05. The van der Waals surface area contributed by atoms with Crippen molar-refractivity contribution >= 4 is 35.8 Å². The minimum atomic E-state index is -1.22. The normalized spacial score (nSPS) is 10.3. The molecular formula is C18H24O12. The Morgan fingerprint density at radius 1 is 0.733 bits per heavy atom. The minimum Gasteiger partial charge on any atom is -0.481 e. The molecule has 168 valence electrons. The van der Waals surface area contributed by atoms with Crippen molar-refractivity contribution in [1.82, 2.24) is 0 Å². The summed E-state index contributed by atoms with van der Waals surface area (Å²) in [5.74, 6) is -6.41. The van der Waals surface area contributed by atoms with Gasteiger partial charge in [0.25, 0.3) is 0 Å². The highest BCUT2D eigenvalue weighted by atomic mass is 16.6. The van der Waals surface area contributed by atoms with Gasteiger partial charge in [0, 0.05) is 12.2 Å². The molecule has 0 bridgehead atoms. The average Bonchev–Trinajstić information content (AvgIpc) is 2.68. The molecule has 1 atom stereocenters. The monoisotopic (exact) mass is 432 g/mol. The number of rotatable bonds is 14. The average molecular weight is 432 g/mol. The summed E-state index contributed by atoms with van der Waals surface area (Å²) < 4.78 is 13.6. The molecule has 12 heteroatoms. The molecule has 0 rings (SSSR count). The fourth-order valence-corrected chi connectivity index (χ4v) is 1.52. The largest absolute Gasteiger partial charge is 0.481 e. The third kappa shape index (κ3) is 19.1. The van der Waals surface area contributed by atoms with E-state index in [-0.39, 0.29) is 39.1 Å². The van der Waals surface area contributed by atoms with E-state index in [4.69, 9.17) is 15.3 Å². The first-order valence-corrected chi connectivity index (χ1v) is 8.43. The fourth-order valence-electron chi connectivity index (χ4n) is 1.52. The van der Waals surface area contributed by atoms with Crippen molar-refractivity contribution in [3.8, 4) is 0 Å². The van der Waals surface area contributed by atoms with Crippen molar-refractivity contribution in [3.63, 3.8) is 0 Å². The topological polar surface area (TPSA) is 191 Å². The quantitative estimate of drug-likeness (QED) is 0.148. The summed E-state index contributed by atoms with van der Waals surface area (Å²) in [5, 5.41) is 25.3. The van der Waals surface area contributed by atoms with Gasteiger partial charge in [0.15, 0.2) is 0 Å². The molecule has 0 saturated carbocycles. The molecule has 0 aliphatic rings. The number of esters is 3. The van der Waals surface area contributed by atoms with E-state index < -0.39 is 48.2 Å². The van der Waals surface area contributed by atoms with Gasteiger partial charge in [0.2, 0.25) is 0 Å². The molecule has 0 saturated heterocycles. The van der Waals surface area contributed by atoms with Crippen LogP contribution < -0.4 is 0 Å². The molecule has 0 amide bonds. The first kappa shape index (κ1) is 28.5. The smallest absolute Gasteiger partial charge is 0.330 e.